The molecule has 0 saturated carbocycles. The van der Waals surface area contributed by atoms with Gasteiger partial charge in [-0.05, 0) is 31.2 Å². The standard InChI is InChI=1S/C11H14BrN/c1-3-5-11(13-2)9-6-4-7-10(12)8-9/h3-4,6-8,11,13H,1,5H2,2H3/t11-/m0/s1. The fourth-order valence-electron chi connectivity index (χ4n) is 1.31. The molecule has 2 heteroatoms. The van der Waals surface area contributed by atoms with Gasteiger partial charge < -0.3 is 5.32 Å². The Labute approximate surface area is 88.0 Å². The summed E-state index contributed by atoms with van der Waals surface area (Å²) < 4.78 is 1.12. The summed E-state index contributed by atoms with van der Waals surface area (Å²) in [7, 11) is 1.97. The maximum absolute atomic E-state index is 3.74. The number of halogens is 1. The van der Waals surface area contributed by atoms with Gasteiger partial charge in [0.2, 0.25) is 0 Å². The van der Waals surface area contributed by atoms with Crippen molar-refractivity contribution >= 4 is 15.9 Å². The molecule has 0 aliphatic rings. The Bertz CT molecular complexity index is 283. The topological polar surface area (TPSA) is 12.0 Å². The quantitative estimate of drug-likeness (QED) is 0.796. The molecular weight excluding hydrogens is 226 g/mol. The van der Waals surface area contributed by atoms with Crippen LogP contribution in [0.5, 0.6) is 0 Å². The van der Waals surface area contributed by atoms with Crippen LogP contribution >= 0.6 is 15.9 Å². The average Bonchev–Trinajstić information content (AvgIpc) is 2.14. The molecule has 1 N–H and O–H groups in total. The maximum atomic E-state index is 3.74. The van der Waals surface area contributed by atoms with Gasteiger partial charge in [0.1, 0.15) is 0 Å². The smallest absolute Gasteiger partial charge is 0.0352 e. The van der Waals surface area contributed by atoms with Gasteiger partial charge in [0, 0.05) is 10.5 Å². The number of benzene rings is 1. The molecule has 70 valence electrons. The van der Waals surface area contributed by atoms with Crippen molar-refractivity contribution in [3.8, 4) is 0 Å². The molecule has 1 aromatic carbocycles. The molecule has 0 radical (unpaired) electrons. The van der Waals surface area contributed by atoms with Gasteiger partial charge in [0.25, 0.3) is 0 Å². The van der Waals surface area contributed by atoms with E-state index in [0.29, 0.717) is 6.04 Å². The zero-order chi connectivity index (χ0) is 9.68. The largest absolute Gasteiger partial charge is 0.313 e. The lowest BCUT2D eigenvalue weighted by Crippen LogP contribution is -2.15. The molecule has 0 aliphatic heterocycles. The summed E-state index contributed by atoms with van der Waals surface area (Å²) in [5.74, 6) is 0. The maximum Gasteiger partial charge on any atom is 0.0352 e. The SMILES string of the molecule is C=CC[C@H](NC)c1cccc(Br)c1. The summed E-state index contributed by atoms with van der Waals surface area (Å²) in [6.45, 7) is 3.74. The van der Waals surface area contributed by atoms with E-state index in [0.717, 1.165) is 10.9 Å². The van der Waals surface area contributed by atoms with Crippen molar-refractivity contribution in [3.05, 3.63) is 47.0 Å². The lowest BCUT2D eigenvalue weighted by molar-refractivity contribution is 0.603. The van der Waals surface area contributed by atoms with Gasteiger partial charge in [0.05, 0.1) is 0 Å². The van der Waals surface area contributed by atoms with Crippen LogP contribution in [0, 0.1) is 0 Å². The first kappa shape index (κ1) is 10.5. The summed E-state index contributed by atoms with van der Waals surface area (Å²) in [5.41, 5.74) is 1.29. The highest BCUT2D eigenvalue weighted by molar-refractivity contribution is 9.10. The van der Waals surface area contributed by atoms with Crippen molar-refractivity contribution in [2.24, 2.45) is 0 Å². The summed E-state index contributed by atoms with van der Waals surface area (Å²) in [5, 5.41) is 3.25. The first-order valence-corrected chi connectivity index (χ1v) is 5.11. The van der Waals surface area contributed by atoms with Crippen LogP contribution in [0.4, 0.5) is 0 Å². The lowest BCUT2D eigenvalue weighted by Gasteiger charge is -2.14. The van der Waals surface area contributed by atoms with Gasteiger partial charge in [0.15, 0.2) is 0 Å². The van der Waals surface area contributed by atoms with E-state index in [9.17, 15) is 0 Å². The van der Waals surface area contributed by atoms with Crippen molar-refractivity contribution in [1.29, 1.82) is 0 Å². The van der Waals surface area contributed by atoms with E-state index < -0.39 is 0 Å². The zero-order valence-corrected chi connectivity index (χ0v) is 9.34. The molecular formula is C11H14BrN. The molecule has 1 atom stereocenters. The van der Waals surface area contributed by atoms with Crippen LogP contribution in [0.25, 0.3) is 0 Å². The molecule has 0 unspecified atom stereocenters. The monoisotopic (exact) mass is 239 g/mol. The Balaban J connectivity index is 2.84. The molecule has 0 heterocycles. The van der Waals surface area contributed by atoms with Crippen molar-refractivity contribution in [1.82, 2.24) is 5.32 Å². The Morgan fingerprint density at radius 2 is 2.38 bits per heavy atom. The summed E-state index contributed by atoms with van der Waals surface area (Å²) in [6, 6.07) is 8.70. The molecule has 0 saturated heterocycles. The van der Waals surface area contributed by atoms with Crippen LogP contribution < -0.4 is 5.32 Å². The molecule has 0 bridgehead atoms. The third-order valence-corrected chi connectivity index (χ3v) is 2.50. The van der Waals surface area contributed by atoms with E-state index in [1.807, 2.05) is 25.3 Å². The Morgan fingerprint density at radius 1 is 1.62 bits per heavy atom. The van der Waals surface area contributed by atoms with Crippen LogP contribution in [0.3, 0.4) is 0 Å². The number of hydrogen-bond donors (Lipinski definition) is 1. The molecule has 1 nitrogen and oxygen atoms in total. The molecule has 13 heavy (non-hydrogen) atoms. The van der Waals surface area contributed by atoms with Gasteiger partial charge in [-0.25, -0.2) is 0 Å². The molecule has 1 rings (SSSR count). The number of nitrogens with one attached hydrogen (secondary N) is 1. The minimum absolute atomic E-state index is 0.370. The number of hydrogen-bond acceptors (Lipinski definition) is 1. The van der Waals surface area contributed by atoms with Crippen LogP contribution in [0.1, 0.15) is 18.0 Å². The first-order valence-electron chi connectivity index (χ1n) is 4.31. The van der Waals surface area contributed by atoms with E-state index in [-0.39, 0.29) is 0 Å². The van der Waals surface area contributed by atoms with Gasteiger partial charge >= 0.3 is 0 Å². The normalized spacial score (nSPS) is 12.5. The first-order chi connectivity index (χ1) is 6.27. The predicted octanol–water partition coefficient (Wildman–Crippen LogP) is 3.29. The average molecular weight is 240 g/mol. The van der Waals surface area contributed by atoms with Crippen molar-refractivity contribution < 1.29 is 0 Å². The molecule has 1 aromatic rings. The van der Waals surface area contributed by atoms with Crippen molar-refractivity contribution in [2.45, 2.75) is 12.5 Å². The third kappa shape index (κ3) is 2.98. The van der Waals surface area contributed by atoms with E-state index in [1.165, 1.54) is 5.56 Å². The molecule has 0 spiro atoms. The molecule has 0 aliphatic carbocycles. The third-order valence-electron chi connectivity index (χ3n) is 2.00. The van der Waals surface area contributed by atoms with Gasteiger partial charge in [-0.1, -0.05) is 34.1 Å². The second kappa shape index (κ2) is 5.20. The fraction of sp³-hybridized carbons (Fsp3) is 0.273. The highest BCUT2D eigenvalue weighted by Crippen LogP contribution is 2.20. The van der Waals surface area contributed by atoms with E-state index in [2.05, 4.69) is 40.0 Å². The van der Waals surface area contributed by atoms with Crippen LogP contribution in [0.15, 0.2) is 41.4 Å². The summed E-state index contributed by atoms with van der Waals surface area (Å²) in [4.78, 5) is 0. The van der Waals surface area contributed by atoms with Crippen molar-refractivity contribution in [2.75, 3.05) is 7.05 Å². The van der Waals surface area contributed by atoms with Gasteiger partial charge in [-0.3, -0.25) is 0 Å². The van der Waals surface area contributed by atoms with Crippen LogP contribution in [-0.4, -0.2) is 7.05 Å². The Hall–Kier alpha value is -0.600. The van der Waals surface area contributed by atoms with Crippen LogP contribution in [-0.2, 0) is 0 Å². The highest BCUT2D eigenvalue weighted by atomic mass is 79.9. The predicted molar refractivity (Wildman–Crippen MR) is 60.8 cm³/mol. The lowest BCUT2D eigenvalue weighted by atomic mass is 10.0. The van der Waals surface area contributed by atoms with E-state index >= 15 is 0 Å². The van der Waals surface area contributed by atoms with Crippen molar-refractivity contribution in [3.63, 3.8) is 0 Å². The molecule has 0 amide bonds. The van der Waals surface area contributed by atoms with Gasteiger partial charge in [-0.15, -0.1) is 6.58 Å². The minimum atomic E-state index is 0.370. The van der Waals surface area contributed by atoms with E-state index in [1.54, 1.807) is 0 Å². The van der Waals surface area contributed by atoms with Gasteiger partial charge in [-0.2, -0.15) is 0 Å². The minimum Gasteiger partial charge on any atom is -0.313 e. The Morgan fingerprint density at radius 3 is 2.92 bits per heavy atom. The zero-order valence-electron chi connectivity index (χ0n) is 7.76. The second-order valence-electron chi connectivity index (χ2n) is 2.92. The molecule has 0 aromatic heterocycles. The van der Waals surface area contributed by atoms with Crippen LogP contribution in [0.2, 0.25) is 0 Å². The summed E-state index contributed by atoms with van der Waals surface area (Å²) in [6.07, 6.45) is 2.88. The Kier molecular flexibility index (Phi) is 4.19. The molecule has 0 fully saturated rings. The summed E-state index contributed by atoms with van der Waals surface area (Å²) >= 11 is 3.46. The fourth-order valence-corrected chi connectivity index (χ4v) is 1.73. The van der Waals surface area contributed by atoms with E-state index in [4.69, 9.17) is 0 Å². The second-order valence-corrected chi connectivity index (χ2v) is 3.84. The highest BCUT2D eigenvalue weighted by Gasteiger charge is 2.06. The number of rotatable bonds is 4.